The Morgan fingerprint density at radius 2 is 1.91 bits per heavy atom. The van der Waals surface area contributed by atoms with Gasteiger partial charge in [-0.1, -0.05) is 37.5 Å². The van der Waals surface area contributed by atoms with Crippen molar-refractivity contribution in [2.75, 3.05) is 0 Å². The van der Waals surface area contributed by atoms with Gasteiger partial charge in [0, 0.05) is 6.04 Å². The summed E-state index contributed by atoms with van der Waals surface area (Å²) in [7, 11) is 0. The Hall–Kier alpha value is -1.84. The summed E-state index contributed by atoms with van der Waals surface area (Å²) in [6.45, 7) is 7.64. The summed E-state index contributed by atoms with van der Waals surface area (Å²) in [6, 6.07) is 5.75. The van der Waals surface area contributed by atoms with Crippen molar-refractivity contribution in [1.29, 1.82) is 0 Å². The van der Waals surface area contributed by atoms with Crippen molar-refractivity contribution >= 4 is 11.9 Å². The number of benzene rings is 1. The van der Waals surface area contributed by atoms with E-state index < -0.39 is 12.1 Å². The van der Waals surface area contributed by atoms with Crippen molar-refractivity contribution < 1.29 is 14.3 Å². The Bertz CT molecular complexity index is 582. The summed E-state index contributed by atoms with van der Waals surface area (Å²) in [5.41, 5.74) is 2.47. The van der Waals surface area contributed by atoms with Gasteiger partial charge in [0.25, 0.3) is 5.91 Å². The lowest BCUT2D eigenvalue weighted by Crippen LogP contribution is -2.46. The molecule has 126 valence electrons. The molecular formula is C19H27NO3. The van der Waals surface area contributed by atoms with Crippen LogP contribution in [0, 0.1) is 19.8 Å². The minimum Gasteiger partial charge on any atom is -0.449 e. The molecule has 4 nitrogen and oxygen atoms in total. The maximum Gasteiger partial charge on any atom is 0.339 e. The van der Waals surface area contributed by atoms with Gasteiger partial charge >= 0.3 is 5.97 Å². The van der Waals surface area contributed by atoms with E-state index in [2.05, 4.69) is 12.2 Å². The number of rotatable bonds is 4. The molecule has 1 saturated carbocycles. The fourth-order valence-corrected chi connectivity index (χ4v) is 3.15. The van der Waals surface area contributed by atoms with Crippen molar-refractivity contribution in [3.63, 3.8) is 0 Å². The molecule has 0 saturated heterocycles. The molecule has 0 aliphatic heterocycles. The lowest BCUT2D eigenvalue weighted by Gasteiger charge is -2.30. The predicted octanol–water partition coefficient (Wildman–Crippen LogP) is 3.54. The summed E-state index contributed by atoms with van der Waals surface area (Å²) in [6.07, 6.45) is 3.74. The van der Waals surface area contributed by atoms with E-state index in [1.54, 1.807) is 13.0 Å². The zero-order chi connectivity index (χ0) is 17.0. The second kappa shape index (κ2) is 7.62. The van der Waals surface area contributed by atoms with E-state index in [-0.39, 0.29) is 11.9 Å². The van der Waals surface area contributed by atoms with Gasteiger partial charge in [0.1, 0.15) is 0 Å². The molecule has 2 rings (SSSR count). The molecule has 0 unspecified atom stereocenters. The van der Waals surface area contributed by atoms with Crippen LogP contribution in [0.15, 0.2) is 18.2 Å². The fraction of sp³-hybridized carbons (Fsp3) is 0.579. The van der Waals surface area contributed by atoms with Crippen molar-refractivity contribution in [3.8, 4) is 0 Å². The molecule has 0 aromatic heterocycles. The Balaban J connectivity index is 1.93. The van der Waals surface area contributed by atoms with Crippen LogP contribution < -0.4 is 5.32 Å². The third kappa shape index (κ3) is 4.57. The lowest BCUT2D eigenvalue weighted by molar-refractivity contribution is -0.130. The topological polar surface area (TPSA) is 55.4 Å². The first-order valence-electron chi connectivity index (χ1n) is 8.47. The number of carbonyl (C=O) groups excluding carboxylic acids is 2. The third-order valence-corrected chi connectivity index (χ3v) is 4.69. The zero-order valence-electron chi connectivity index (χ0n) is 14.5. The Labute approximate surface area is 138 Å². The van der Waals surface area contributed by atoms with E-state index in [4.69, 9.17) is 4.74 Å². The van der Waals surface area contributed by atoms with Crippen LogP contribution in [0.4, 0.5) is 0 Å². The van der Waals surface area contributed by atoms with E-state index in [0.29, 0.717) is 11.5 Å². The van der Waals surface area contributed by atoms with Crippen LogP contribution in [0.1, 0.15) is 61.0 Å². The quantitative estimate of drug-likeness (QED) is 0.864. The Kier molecular flexibility index (Phi) is 5.80. The molecule has 0 spiro atoms. The molecular weight excluding hydrogens is 290 g/mol. The second-order valence-corrected chi connectivity index (χ2v) is 6.74. The summed E-state index contributed by atoms with van der Waals surface area (Å²) in [5, 5.41) is 3.03. The van der Waals surface area contributed by atoms with E-state index >= 15 is 0 Å². The smallest absolute Gasteiger partial charge is 0.339 e. The molecule has 0 radical (unpaired) electrons. The van der Waals surface area contributed by atoms with Gasteiger partial charge in [0.05, 0.1) is 5.56 Å². The lowest BCUT2D eigenvalue weighted by atomic mass is 9.86. The van der Waals surface area contributed by atoms with Gasteiger partial charge in [-0.05, 0) is 51.2 Å². The molecule has 1 aromatic rings. The zero-order valence-corrected chi connectivity index (χ0v) is 14.5. The summed E-state index contributed by atoms with van der Waals surface area (Å²) >= 11 is 0. The Morgan fingerprint density at radius 3 is 2.57 bits per heavy atom. The molecule has 1 amide bonds. The van der Waals surface area contributed by atoms with Crippen molar-refractivity contribution in [1.82, 2.24) is 5.32 Å². The van der Waals surface area contributed by atoms with E-state index in [9.17, 15) is 9.59 Å². The van der Waals surface area contributed by atoms with Crippen molar-refractivity contribution in [3.05, 3.63) is 34.9 Å². The molecule has 3 atom stereocenters. The number of aryl methyl sites for hydroxylation is 2. The minimum atomic E-state index is -0.780. The van der Waals surface area contributed by atoms with Gasteiger partial charge in [-0.25, -0.2) is 4.79 Å². The summed E-state index contributed by atoms with van der Waals surface area (Å²) < 4.78 is 5.34. The molecule has 1 fully saturated rings. The van der Waals surface area contributed by atoms with Crippen LogP contribution in [0.3, 0.4) is 0 Å². The number of esters is 1. The third-order valence-electron chi connectivity index (χ3n) is 4.69. The summed E-state index contributed by atoms with van der Waals surface area (Å²) in [5.74, 6) is -0.168. The SMILES string of the molecule is Cc1ccc(C(=O)O[C@@H](C)C(=O)N[C@H]2CCCC[C@@H]2C)c(C)c1. The minimum absolute atomic E-state index is 0.193. The molecule has 1 N–H and O–H groups in total. The van der Waals surface area contributed by atoms with Gasteiger partial charge < -0.3 is 10.1 Å². The highest BCUT2D eigenvalue weighted by Gasteiger charge is 2.26. The van der Waals surface area contributed by atoms with E-state index in [0.717, 1.165) is 30.4 Å². The molecule has 1 aromatic carbocycles. The molecule has 1 aliphatic carbocycles. The van der Waals surface area contributed by atoms with Crippen LogP contribution in [0.2, 0.25) is 0 Å². The van der Waals surface area contributed by atoms with Crippen molar-refractivity contribution in [2.45, 2.75) is 65.5 Å². The van der Waals surface area contributed by atoms with E-state index in [1.165, 1.54) is 6.42 Å². The summed E-state index contributed by atoms with van der Waals surface area (Å²) in [4.78, 5) is 24.5. The highest BCUT2D eigenvalue weighted by Crippen LogP contribution is 2.23. The molecule has 23 heavy (non-hydrogen) atoms. The number of carbonyl (C=O) groups is 2. The molecule has 0 bridgehead atoms. The second-order valence-electron chi connectivity index (χ2n) is 6.74. The Morgan fingerprint density at radius 1 is 1.22 bits per heavy atom. The monoisotopic (exact) mass is 317 g/mol. The highest BCUT2D eigenvalue weighted by molar-refractivity contribution is 5.93. The average Bonchev–Trinajstić information content (AvgIpc) is 2.49. The van der Waals surface area contributed by atoms with Gasteiger partial charge in [0.2, 0.25) is 0 Å². The standard InChI is InChI=1S/C19H27NO3/c1-12-9-10-16(14(3)11-12)19(22)23-15(4)18(21)20-17-8-6-5-7-13(17)2/h9-11,13,15,17H,5-8H2,1-4H3,(H,20,21)/t13-,15-,17-/m0/s1. The van der Waals surface area contributed by atoms with Crippen LogP contribution in [-0.4, -0.2) is 24.0 Å². The number of hydrogen-bond donors (Lipinski definition) is 1. The normalized spacial score (nSPS) is 22.3. The maximum absolute atomic E-state index is 12.3. The largest absolute Gasteiger partial charge is 0.449 e. The van der Waals surface area contributed by atoms with Gasteiger partial charge in [-0.3, -0.25) is 4.79 Å². The number of ether oxygens (including phenoxy) is 1. The molecule has 0 heterocycles. The van der Waals surface area contributed by atoms with Crippen molar-refractivity contribution in [2.24, 2.45) is 5.92 Å². The maximum atomic E-state index is 12.3. The van der Waals surface area contributed by atoms with Crippen LogP contribution in [-0.2, 0) is 9.53 Å². The van der Waals surface area contributed by atoms with Gasteiger partial charge in [0.15, 0.2) is 6.10 Å². The number of hydrogen-bond acceptors (Lipinski definition) is 3. The number of nitrogens with one attached hydrogen (secondary N) is 1. The first-order valence-corrected chi connectivity index (χ1v) is 8.47. The fourth-order valence-electron chi connectivity index (χ4n) is 3.15. The predicted molar refractivity (Wildman–Crippen MR) is 90.4 cm³/mol. The highest BCUT2D eigenvalue weighted by atomic mass is 16.5. The first-order chi connectivity index (χ1) is 10.9. The average molecular weight is 317 g/mol. The molecule has 1 aliphatic rings. The van der Waals surface area contributed by atoms with E-state index in [1.807, 2.05) is 26.0 Å². The van der Waals surface area contributed by atoms with Gasteiger partial charge in [-0.2, -0.15) is 0 Å². The van der Waals surface area contributed by atoms with Crippen LogP contribution >= 0.6 is 0 Å². The van der Waals surface area contributed by atoms with Crippen LogP contribution in [0.25, 0.3) is 0 Å². The molecule has 4 heteroatoms. The van der Waals surface area contributed by atoms with Crippen LogP contribution in [0.5, 0.6) is 0 Å². The number of amides is 1. The van der Waals surface area contributed by atoms with Gasteiger partial charge in [-0.15, -0.1) is 0 Å². The first kappa shape index (κ1) is 17.5.